The van der Waals surface area contributed by atoms with E-state index in [0.29, 0.717) is 23.3 Å². The average molecular weight is 445 g/mol. The lowest BCUT2D eigenvalue weighted by Gasteiger charge is -2.06. The van der Waals surface area contributed by atoms with E-state index < -0.39 is 0 Å². The molecule has 1 aromatic heterocycles. The lowest BCUT2D eigenvalue weighted by atomic mass is 10.2. The number of hydrogen-bond donors (Lipinski definition) is 1. The Morgan fingerprint density at radius 2 is 1.75 bits per heavy atom. The first-order valence-electron chi connectivity index (χ1n) is 9.99. The Morgan fingerprint density at radius 1 is 1.03 bits per heavy atom. The molecule has 0 aliphatic rings. The molecular formula is C25H21ClN4O2. The number of carbonyl (C=O) groups excluding carboxylic acids is 1. The second kappa shape index (κ2) is 9.94. The Bertz CT molecular complexity index is 1220. The van der Waals surface area contributed by atoms with Gasteiger partial charge in [0.25, 0.3) is 5.91 Å². The molecule has 7 heteroatoms. The van der Waals surface area contributed by atoms with Crippen molar-refractivity contribution >= 4 is 29.5 Å². The van der Waals surface area contributed by atoms with Gasteiger partial charge < -0.3 is 10.1 Å². The SMILES string of the molecule is COc1ccc(-c2nc(NCc3ccc(Cl)cc3)n(C(=O)C=Cc3ccccc3)n2)cc1. The van der Waals surface area contributed by atoms with Gasteiger partial charge in [-0.1, -0.05) is 54.1 Å². The Kier molecular flexibility index (Phi) is 6.63. The predicted molar refractivity (Wildman–Crippen MR) is 127 cm³/mol. The molecule has 4 rings (SSSR count). The molecule has 0 bridgehead atoms. The smallest absolute Gasteiger partial charge is 0.274 e. The molecule has 3 aromatic carbocycles. The van der Waals surface area contributed by atoms with Gasteiger partial charge in [0.05, 0.1) is 7.11 Å². The fraction of sp³-hybridized carbons (Fsp3) is 0.0800. The molecule has 0 saturated carbocycles. The molecule has 0 aliphatic heterocycles. The van der Waals surface area contributed by atoms with E-state index in [0.717, 1.165) is 22.4 Å². The normalized spacial score (nSPS) is 10.9. The summed E-state index contributed by atoms with van der Waals surface area (Å²) in [6, 6.07) is 24.4. The first-order chi connectivity index (χ1) is 15.6. The summed E-state index contributed by atoms with van der Waals surface area (Å²) in [6.45, 7) is 0.466. The van der Waals surface area contributed by atoms with Gasteiger partial charge >= 0.3 is 0 Å². The summed E-state index contributed by atoms with van der Waals surface area (Å²) in [5.41, 5.74) is 2.70. The van der Waals surface area contributed by atoms with E-state index in [1.165, 1.54) is 10.8 Å². The fourth-order valence-corrected chi connectivity index (χ4v) is 3.15. The molecule has 4 aromatic rings. The van der Waals surface area contributed by atoms with Crippen LogP contribution in [-0.2, 0) is 6.54 Å². The lowest BCUT2D eigenvalue weighted by Crippen LogP contribution is -2.14. The molecule has 0 fully saturated rings. The number of nitrogens with zero attached hydrogens (tertiary/aromatic N) is 3. The van der Waals surface area contributed by atoms with Crippen molar-refractivity contribution in [2.45, 2.75) is 6.54 Å². The van der Waals surface area contributed by atoms with Gasteiger partial charge in [-0.15, -0.1) is 5.10 Å². The molecule has 6 nitrogen and oxygen atoms in total. The maximum absolute atomic E-state index is 12.9. The molecule has 0 amide bonds. The number of allylic oxidation sites excluding steroid dienone is 1. The van der Waals surface area contributed by atoms with Crippen LogP contribution in [0.4, 0.5) is 5.95 Å². The van der Waals surface area contributed by atoms with Crippen LogP contribution >= 0.6 is 11.6 Å². The molecule has 0 saturated heterocycles. The van der Waals surface area contributed by atoms with Crippen molar-refractivity contribution in [3.63, 3.8) is 0 Å². The first kappa shape index (κ1) is 21.3. The van der Waals surface area contributed by atoms with E-state index in [2.05, 4.69) is 15.4 Å². The van der Waals surface area contributed by atoms with Gasteiger partial charge in [0.2, 0.25) is 5.95 Å². The van der Waals surface area contributed by atoms with Crippen LogP contribution < -0.4 is 10.1 Å². The average Bonchev–Trinajstić information content (AvgIpc) is 3.27. The highest BCUT2D eigenvalue weighted by atomic mass is 35.5. The van der Waals surface area contributed by atoms with Crippen LogP contribution in [0.5, 0.6) is 5.75 Å². The third-order valence-electron chi connectivity index (χ3n) is 4.75. The second-order valence-electron chi connectivity index (χ2n) is 6.96. The summed E-state index contributed by atoms with van der Waals surface area (Å²) in [5.74, 6) is 1.22. The Morgan fingerprint density at radius 3 is 2.44 bits per heavy atom. The van der Waals surface area contributed by atoms with Crippen LogP contribution in [0.25, 0.3) is 17.5 Å². The quantitative estimate of drug-likeness (QED) is 0.377. The van der Waals surface area contributed by atoms with E-state index in [1.54, 1.807) is 13.2 Å². The lowest BCUT2D eigenvalue weighted by molar-refractivity contribution is 0.0957. The maximum Gasteiger partial charge on any atom is 0.274 e. The minimum absolute atomic E-state index is 0.306. The number of methoxy groups -OCH3 is 1. The highest BCUT2D eigenvalue weighted by Crippen LogP contribution is 2.22. The largest absolute Gasteiger partial charge is 0.497 e. The van der Waals surface area contributed by atoms with Crippen molar-refractivity contribution < 1.29 is 9.53 Å². The summed E-state index contributed by atoms with van der Waals surface area (Å²) in [5, 5.41) is 8.33. The van der Waals surface area contributed by atoms with Gasteiger partial charge in [0.1, 0.15) is 5.75 Å². The summed E-state index contributed by atoms with van der Waals surface area (Å²) in [7, 11) is 1.61. The zero-order valence-corrected chi connectivity index (χ0v) is 18.2. The Hall–Kier alpha value is -3.90. The summed E-state index contributed by atoms with van der Waals surface area (Å²) in [4.78, 5) is 17.5. The third kappa shape index (κ3) is 5.22. The van der Waals surface area contributed by atoms with Gasteiger partial charge in [-0.05, 0) is 53.6 Å². The van der Waals surface area contributed by atoms with Crippen molar-refractivity contribution in [1.82, 2.24) is 14.8 Å². The number of benzene rings is 3. The van der Waals surface area contributed by atoms with Crippen molar-refractivity contribution in [3.8, 4) is 17.1 Å². The highest BCUT2D eigenvalue weighted by molar-refractivity contribution is 6.30. The van der Waals surface area contributed by atoms with Crippen molar-refractivity contribution in [3.05, 3.63) is 101 Å². The van der Waals surface area contributed by atoms with E-state index in [-0.39, 0.29) is 5.91 Å². The standard InChI is InChI=1S/C25H21ClN4O2/c1-32-22-14-10-20(11-15-22)24-28-25(27-17-19-7-12-21(26)13-8-19)30(29-24)23(31)16-9-18-5-3-2-4-6-18/h2-16H,17H2,1H3,(H,27,28,29). The van der Waals surface area contributed by atoms with Crippen LogP contribution in [0, 0.1) is 0 Å². The molecule has 32 heavy (non-hydrogen) atoms. The zero-order valence-electron chi connectivity index (χ0n) is 17.4. The molecule has 0 aliphatic carbocycles. The number of nitrogens with one attached hydrogen (secondary N) is 1. The number of anilines is 1. The van der Waals surface area contributed by atoms with Gasteiger partial charge in [-0.3, -0.25) is 4.79 Å². The van der Waals surface area contributed by atoms with Crippen molar-refractivity contribution in [2.75, 3.05) is 12.4 Å². The number of carbonyl (C=O) groups is 1. The van der Waals surface area contributed by atoms with Gasteiger partial charge in [-0.2, -0.15) is 9.67 Å². The van der Waals surface area contributed by atoms with Crippen LogP contribution in [0.15, 0.2) is 84.9 Å². The molecular weight excluding hydrogens is 424 g/mol. The molecule has 1 N–H and O–H groups in total. The molecule has 160 valence electrons. The first-order valence-corrected chi connectivity index (χ1v) is 10.4. The Labute approximate surface area is 191 Å². The topological polar surface area (TPSA) is 69.0 Å². The van der Waals surface area contributed by atoms with Gasteiger partial charge in [0.15, 0.2) is 5.82 Å². The minimum atomic E-state index is -0.306. The summed E-state index contributed by atoms with van der Waals surface area (Å²) in [6.07, 6.45) is 3.23. The highest BCUT2D eigenvalue weighted by Gasteiger charge is 2.16. The number of rotatable bonds is 7. The Balaban J connectivity index is 1.62. The van der Waals surface area contributed by atoms with Gasteiger partial charge in [0, 0.05) is 23.2 Å². The summed E-state index contributed by atoms with van der Waals surface area (Å²) < 4.78 is 6.48. The second-order valence-corrected chi connectivity index (χ2v) is 7.40. The van der Waals surface area contributed by atoms with Crippen LogP contribution in [0.3, 0.4) is 0 Å². The van der Waals surface area contributed by atoms with Crippen molar-refractivity contribution in [2.24, 2.45) is 0 Å². The maximum atomic E-state index is 12.9. The molecule has 0 atom stereocenters. The van der Waals surface area contributed by atoms with Crippen LogP contribution in [0.1, 0.15) is 15.9 Å². The van der Waals surface area contributed by atoms with E-state index in [4.69, 9.17) is 16.3 Å². The number of hydrogen-bond acceptors (Lipinski definition) is 5. The van der Waals surface area contributed by atoms with E-state index >= 15 is 0 Å². The summed E-state index contributed by atoms with van der Waals surface area (Å²) >= 11 is 5.97. The number of aromatic nitrogens is 3. The molecule has 0 unspecified atom stereocenters. The number of ether oxygens (including phenoxy) is 1. The van der Waals surface area contributed by atoms with E-state index in [9.17, 15) is 4.79 Å². The molecule has 1 heterocycles. The third-order valence-corrected chi connectivity index (χ3v) is 5.00. The van der Waals surface area contributed by atoms with E-state index in [1.807, 2.05) is 78.9 Å². The van der Waals surface area contributed by atoms with Crippen LogP contribution in [0.2, 0.25) is 5.02 Å². The molecule has 0 radical (unpaired) electrons. The monoisotopic (exact) mass is 444 g/mol. The minimum Gasteiger partial charge on any atom is -0.497 e. The number of halogens is 1. The fourth-order valence-electron chi connectivity index (χ4n) is 3.03. The molecule has 0 spiro atoms. The van der Waals surface area contributed by atoms with Gasteiger partial charge in [-0.25, -0.2) is 0 Å². The zero-order chi connectivity index (χ0) is 22.3. The predicted octanol–water partition coefficient (Wildman–Crippen LogP) is 5.57. The van der Waals surface area contributed by atoms with Crippen molar-refractivity contribution in [1.29, 1.82) is 0 Å². The van der Waals surface area contributed by atoms with Crippen LogP contribution in [-0.4, -0.2) is 27.8 Å².